The first-order valence-electron chi connectivity index (χ1n) is 7.85. The zero-order valence-corrected chi connectivity index (χ0v) is 13.6. The number of rotatable bonds is 5. The second kappa shape index (κ2) is 7.25. The largest absolute Gasteiger partial charge is 0.345 e. The first-order chi connectivity index (χ1) is 12.0. The SMILES string of the molecule is CC(NC(=O)c1cnn(Cc2ccccc2)c1)c1ccc(F)c(F)c1. The summed E-state index contributed by atoms with van der Waals surface area (Å²) in [5.41, 5.74) is 1.97. The Balaban J connectivity index is 1.66. The van der Waals surface area contributed by atoms with Gasteiger partial charge in [0.2, 0.25) is 0 Å². The predicted molar refractivity (Wildman–Crippen MR) is 90.0 cm³/mol. The number of nitrogens with zero attached hydrogens (tertiary/aromatic N) is 2. The van der Waals surface area contributed by atoms with Crippen molar-refractivity contribution < 1.29 is 13.6 Å². The average molecular weight is 341 g/mol. The van der Waals surface area contributed by atoms with Crippen LogP contribution in [-0.4, -0.2) is 15.7 Å². The maximum atomic E-state index is 13.3. The predicted octanol–water partition coefficient (Wildman–Crippen LogP) is 3.70. The van der Waals surface area contributed by atoms with Gasteiger partial charge >= 0.3 is 0 Å². The molecule has 1 aromatic heterocycles. The van der Waals surface area contributed by atoms with E-state index in [1.165, 1.54) is 12.3 Å². The molecule has 1 amide bonds. The first-order valence-corrected chi connectivity index (χ1v) is 7.85. The standard InChI is InChI=1S/C19H17F2N3O/c1-13(15-7-8-17(20)18(21)9-15)23-19(25)16-10-22-24(12-16)11-14-5-3-2-4-6-14/h2-10,12-13H,11H2,1H3,(H,23,25). The van der Waals surface area contributed by atoms with Crippen LogP contribution in [0.15, 0.2) is 60.9 Å². The Morgan fingerprint density at radius 2 is 1.92 bits per heavy atom. The van der Waals surface area contributed by atoms with Gasteiger partial charge in [0.25, 0.3) is 5.91 Å². The highest BCUT2D eigenvalue weighted by Gasteiger charge is 2.15. The van der Waals surface area contributed by atoms with Crippen LogP contribution in [0.3, 0.4) is 0 Å². The van der Waals surface area contributed by atoms with E-state index in [9.17, 15) is 13.6 Å². The Labute approximate surface area is 144 Å². The van der Waals surface area contributed by atoms with Crippen molar-refractivity contribution in [2.24, 2.45) is 0 Å². The minimum absolute atomic E-state index is 0.323. The molecule has 2 aromatic carbocycles. The third-order valence-corrected chi connectivity index (χ3v) is 3.87. The van der Waals surface area contributed by atoms with E-state index >= 15 is 0 Å². The number of benzene rings is 2. The van der Waals surface area contributed by atoms with Crippen LogP contribution in [0.4, 0.5) is 8.78 Å². The summed E-state index contributed by atoms with van der Waals surface area (Å²) in [4.78, 5) is 12.3. The monoisotopic (exact) mass is 341 g/mol. The molecule has 1 unspecified atom stereocenters. The quantitative estimate of drug-likeness (QED) is 0.769. The first kappa shape index (κ1) is 16.8. The van der Waals surface area contributed by atoms with Crippen LogP contribution < -0.4 is 5.32 Å². The fraction of sp³-hybridized carbons (Fsp3) is 0.158. The highest BCUT2D eigenvalue weighted by molar-refractivity contribution is 5.93. The summed E-state index contributed by atoms with van der Waals surface area (Å²) >= 11 is 0. The van der Waals surface area contributed by atoms with Crippen molar-refractivity contribution in [1.82, 2.24) is 15.1 Å². The van der Waals surface area contributed by atoms with Crippen molar-refractivity contribution in [2.75, 3.05) is 0 Å². The Bertz CT molecular complexity index is 877. The van der Waals surface area contributed by atoms with E-state index in [2.05, 4.69) is 10.4 Å². The normalized spacial score (nSPS) is 12.0. The van der Waals surface area contributed by atoms with Crippen molar-refractivity contribution in [3.05, 3.63) is 89.2 Å². The lowest BCUT2D eigenvalue weighted by Crippen LogP contribution is -2.26. The highest BCUT2D eigenvalue weighted by atomic mass is 19.2. The van der Waals surface area contributed by atoms with Gasteiger partial charge in [0.05, 0.1) is 24.3 Å². The van der Waals surface area contributed by atoms with Gasteiger partial charge in [-0.2, -0.15) is 5.10 Å². The zero-order valence-electron chi connectivity index (χ0n) is 13.6. The lowest BCUT2D eigenvalue weighted by molar-refractivity contribution is 0.0939. The van der Waals surface area contributed by atoms with E-state index in [0.29, 0.717) is 17.7 Å². The molecular formula is C19H17F2N3O. The molecule has 128 valence electrons. The number of carbonyl (C=O) groups is 1. The third kappa shape index (κ3) is 4.09. The molecule has 25 heavy (non-hydrogen) atoms. The van der Waals surface area contributed by atoms with E-state index in [1.54, 1.807) is 17.8 Å². The molecule has 0 bridgehead atoms. The summed E-state index contributed by atoms with van der Waals surface area (Å²) < 4.78 is 28.0. The third-order valence-electron chi connectivity index (χ3n) is 3.87. The van der Waals surface area contributed by atoms with Gasteiger partial charge in [0.15, 0.2) is 11.6 Å². The van der Waals surface area contributed by atoms with Crippen LogP contribution in [0.25, 0.3) is 0 Å². The smallest absolute Gasteiger partial charge is 0.254 e. The molecule has 1 atom stereocenters. The molecule has 1 N–H and O–H groups in total. The molecule has 0 fully saturated rings. The van der Waals surface area contributed by atoms with Gasteiger partial charge in [-0.15, -0.1) is 0 Å². The minimum Gasteiger partial charge on any atom is -0.345 e. The number of halogens is 2. The van der Waals surface area contributed by atoms with Crippen LogP contribution in [0.1, 0.15) is 34.5 Å². The Morgan fingerprint density at radius 3 is 2.64 bits per heavy atom. The van der Waals surface area contributed by atoms with Crippen LogP contribution in [0, 0.1) is 11.6 Å². The van der Waals surface area contributed by atoms with E-state index in [0.717, 1.165) is 17.7 Å². The molecule has 1 heterocycles. The van der Waals surface area contributed by atoms with Crippen molar-refractivity contribution >= 4 is 5.91 Å². The van der Waals surface area contributed by atoms with Gasteiger partial charge < -0.3 is 5.32 Å². The summed E-state index contributed by atoms with van der Waals surface area (Å²) in [6.45, 7) is 2.27. The van der Waals surface area contributed by atoms with Crippen molar-refractivity contribution in [1.29, 1.82) is 0 Å². The Morgan fingerprint density at radius 1 is 1.16 bits per heavy atom. The molecule has 0 radical (unpaired) electrons. The number of hydrogen-bond donors (Lipinski definition) is 1. The van der Waals surface area contributed by atoms with E-state index in [-0.39, 0.29) is 5.91 Å². The van der Waals surface area contributed by atoms with Gasteiger partial charge in [-0.1, -0.05) is 36.4 Å². The van der Waals surface area contributed by atoms with E-state index in [1.807, 2.05) is 30.3 Å². The minimum atomic E-state index is -0.936. The molecule has 3 aromatic rings. The number of aromatic nitrogens is 2. The van der Waals surface area contributed by atoms with Gasteiger partial charge in [0.1, 0.15) is 0 Å². The van der Waals surface area contributed by atoms with Crippen molar-refractivity contribution in [3.8, 4) is 0 Å². The molecule has 0 spiro atoms. The zero-order chi connectivity index (χ0) is 17.8. The number of hydrogen-bond acceptors (Lipinski definition) is 2. The lowest BCUT2D eigenvalue weighted by Gasteiger charge is -2.13. The summed E-state index contributed by atoms with van der Waals surface area (Å²) in [6, 6.07) is 12.9. The highest BCUT2D eigenvalue weighted by Crippen LogP contribution is 2.16. The molecule has 0 aliphatic heterocycles. The fourth-order valence-electron chi connectivity index (χ4n) is 2.48. The van der Waals surface area contributed by atoms with E-state index < -0.39 is 17.7 Å². The van der Waals surface area contributed by atoms with Crippen molar-refractivity contribution in [2.45, 2.75) is 19.5 Å². The van der Waals surface area contributed by atoms with Gasteiger partial charge in [0, 0.05) is 6.20 Å². The average Bonchev–Trinajstić information content (AvgIpc) is 3.07. The van der Waals surface area contributed by atoms with Crippen LogP contribution in [0.5, 0.6) is 0 Å². The number of amides is 1. The van der Waals surface area contributed by atoms with Crippen LogP contribution >= 0.6 is 0 Å². The molecule has 0 saturated carbocycles. The van der Waals surface area contributed by atoms with Crippen LogP contribution in [0.2, 0.25) is 0 Å². The molecule has 4 nitrogen and oxygen atoms in total. The van der Waals surface area contributed by atoms with Crippen molar-refractivity contribution in [3.63, 3.8) is 0 Å². The van der Waals surface area contributed by atoms with Gasteiger partial charge in [-0.25, -0.2) is 8.78 Å². The molecule has 0 saturated heterocycles. The second-order valence-electron chi connectivity index (χ2n) is 5.78. The maximum Gasteiger partial charge on any atom is 0.254 e. The number of nitrogens with one attached hydrogen (secondary N) is 1. The second-order valence-corrected chi connectivity index (χ2v) is 5.78. The molecule has 3 rings (SSSR count). The van der Waals surface area contributed by atoms with E-state index in [4.69, 9.17) is 0 Å². The summed E-state index contributed by atoms with van der Waals surface area (Å²) in [5, 5.41) is 6.94. The van der Waals surface area contributed by atoms with Crippen LogP contribution in [-0.2, 0) is 6.54 Å². The number of carbonyl (C=O) groups excluding carboxylic acids is 1. The molecular weight excluding hydrogens is 324 g/mol. The lowest BCUT2D eigenvalue weighted by atomic mass is 10.1. The topological polar surface area (TPSA) is 46.9 Å². The van der Waals surface area contributed by atoms with Gasteiger partial charge in [-0.05, 0) is 30.2 Å². The van der Waals surface area contributed by atoms with Gasteiger partial charge in [-0.3, -0.25) is 9.48 Å². The molecule has 0 aliphatic carbocycles. The Hall–Kier alpha value is -3.02. The molecule has 0 aliphatic rings. The summed E-state index contributed by atoms with van der Waals surface area (Å²) in [7, 11) is 0. The fourth-order valence-corrected chi connectivity index (χ4v) is 2.48. The summed E-state index contributed by atoms with van der Waals surface area (Å²) in [6.07, 6.45) is 3.14. The summed E-state index contributed by atoms with van der Waals surface area (Å²) in [5.74, 6) is -2.17. The Kier molecular flexibility index (Phi) is 4.88. The molecule has 6 heteroatoms. The maximum absolute atomic E-state index is 13.3.